The van der Waals surface area contributed by atoms with Crippen LogP contribution in [0.5, 0.6) is 0 Å². The topological polar surface area (TPSA) is 52.5 Å². The Hall–Kier alpha value is -0.120. The maximum absolute atomic E-state index is 9.49. The van der Waals surface area contributed by atoms with E-state index in [1.54, 1.807) is 13.8 Å². The van der Waals surface area contributed by atoms with Crippen LogP contribution in [-0.2, 0) is 0 Å². The van der Waals surface area contributed by atoms with Gasteiger partial charge < -0.3 is 15.5 Å². The maximum atomic E-state index is 9.49. The summed E-state index contributed by atoms with van der Waals surface area (Å²) in [5, 5.41) is 21.6. The molecule has 3 nitrogen and oxygen atoms in total. The molecule has 0 saturated carbocycles. The van der Waals surface area contributed by atoms with Crippen LogP contribution in [-0.4, -0.2) is 35.0 Å². The van der Waals surface area contributed by atoms with Crippen LogP contribution in [0.25, 0.3) is 0 Å². The van der Waals surface area contributed by atoms with E-state index in [0.29, 0.717) is 12.5 Å². The van der Waals surface area contributed by atoms with Crippen molar-refractivity contribution in [2.75, 3.05) is 13.2 Å². The Morgan fingerprint density at radius 1 is 1.31 bits per heavy atom. The van der Waals surface area contributed by atoms with E-state index in [9.17, 15) is 5.11 Å². The molecule has 0 aromatic rings. The van der Waals surface area contributed by atoms with Gasteiger partial charge in [-0.15, -0.1) is 0 Å². The Bertz CT molecular complexity index is 129. The van der Waals surface area contributed by atoms with Gasteiger partial charge in [0.15, 0.2) is 0 Å². The van der Waals surface area contributed by atoms with E-state index in [4.69, 9.17) is 5.11 Å². The second-order valence-electron chi connectivity index (χ2n) is 4.56. The van der Waals surface area contributed by atoms with Crippen molar-refractivity contribution in [3.05, 3.63) is 0 Å². The van der Waals surface area contributed by atoms with E-state index in [1.165, 1.54) is 0 Å². The zero-order chi connectivity index (χ0) is 10.5. The minimum atomic E-state index is -0.678. The first-order chi connectivity index (χ1) is 5.87. The summed E-state index contributed by atoms with van der Waals surface area (Å²) in [5.41, 5.74) is -0.678. The van der Waals surface area contributed by atoms with Crippen molar-refractivity contribution in [1.29, 1.82) is 0 Å². The summed E-state index contributed by atoms with van der Waals surface area (Å²) < 4.78 is 0. The molecule has 0 fully saturated rings. The molecule has 0 radical (unpaired) electrons. The van der Waals surface area contributed by atoms with Crippen LogP contribution < -0.4 is 5.32 Å². The Balaban J connectivity index is 3.82. The molecular formula is C10H23NO2. The Morgan fingerprint density at radius 3 is 2.15 bits per heavy atom. The molecule has 0 heterocycles. The largest absolute Gasteiger partial charge is 0.396 e. The summed E-state index contributed by atoms with van der Waals surface area (Å²) in [7, 11) is 0. The molecule has 3 heteroatoms. The van der Waals surface area contributed by atoms with Gasteiger partial charge in [0.2, 0.25) is 0 Å². The normalized spacial score (nSPS) is 15.0. The lowest BCUT2D eigenvalue weighted by Gasteiger charge is -2.26. The lowest BCUT2D eigenvalue weighted by Crippen LogP contribution is -2.43. The second kappa shape index (κ2) is 5.58. The molecule has 0 aliphatic carbocycles. The third-order valence-corrected chi connectivity index (χ3v) is 2.04. The highest BCUT2D eigenvalue weighted by Gasteiger charge is 2.17. The van der Waals surface area contributed by atoms with E-state index in [0.717, 1.165) is 6.42 Å². The molecule has 3 N–H and O–H groups in total. The lowest BCUT2D eigenvalue weighted by molar-refractivity contribution is 0.0724. The minimum absolute atomic E-state index is 0.196. The van der Waals surface area contributed by atoms with Crippen LogP contribution in [0.3, 0.4) is 0 Å². The fraction of sp³-hybridized carbons (Fsp3) is 1.00. The smallest absolute Gasteiger partial charge is 0.0715 e. The molecule has 0 saturated heterocycles. The zero-order valence-corrected chi connectivity index (χ0v) is 9.17. The standard InChI is InChI=1S/C10H23NO2/c1-8(2)9(5-6-12)11-7-10(3,4)13/h8-9,11-13H,5-7H2,1-4H3. The summed E-state index contributed by atoms with van der Waals surface area (Å²) in [5.74, 6) is 0.481. The third kappa shape index (κ3) is 6.99. The van der Waals surface area contributed by atoms with E-state index < -0.39 is 5.60 Å². The number of aliphatic hydroxyl groups excluding tert-OH is 1. The first-order valence-electron chi connectivity index (χ1n) is 4.93. The molecule has 0 aromatic carbocycles. The highest BCUT2D eigenvalue weighted by molar-refractivity contribution is 4.76. The van der Waals surface area contributed by atoms with Crippen LogP contribution in [0, 0.1) is 5.92 Å². The van der Waals surface area contributed by atoms with Crippen molar-refractivity contribution in [3.8, 4) is 0 Å². The van der Waals surface area contributed by atoms with Gasteiger partial charge in [-0.25, -0.2) is 0 Å². The van der Waals surface area contributed by atoms with Crippen molar-refractivity contribution in [2.45, 2.75) is 45.8 Å². The van der Waals surface area contributed by atoms with Crippen molar-refractivity contribution in [3.63, 3.8) is 0 Å². The molecule has 0 amide bonds. The number of aliphatic hydroxyl groups is 2. The van der Waals surface area contributed by atoms with Crippen molar-refractivity contribution >= 4 is 0 Å². The van der Waals surface area contributed by atoms with E-state index >= 15 is 0 Å². The molecule has 0 spiro atoms. The molecule has 1 atom stereocenters. The summed E-state index contributed by atoms with van der Waals surface area (Å²) >= 11 is 0. The molecule has 0 aliphatic heterocycles. The first-order valence-corrected chi connectivity index (χ1v) is 4.93. The molecule has 0 aromatic heterocycles. The molecule has 0 aliphatic rings. The van der Waals surface area contributed by atoms with E-state index in [1.807, 2.05) is 0 Å². The van der Waals surface area contributed by atoms with Gasteiger partial charge in [0, 0.05) is 19.2 Å². The van der Waals surface area contributed by atoms with Crippen LogP contribution >= 0.6 is 0 Å². The summed E-state index contributed by atoms with van der Waals surface area (Å²) in [6.45, 7) is 8.53. The van der Waals surface area contributed by atoms with Gasteiger partial charge in [0.25, 0.3) is 0 Å². The molecular weight excluding hydrogens is 166 g/mol. The van der Waals surface area contributed by atoms with Crippen molar-refractivity contribution < 1.29 is 10.2 Å². The van der Waals surface area contributed by atoms with Crippen LogP contribution in [0.1, 0.15) is 34.1 Å². The summed E-state index contributed by atoms with van der Waals surface area (Å²) in [6.07, 6.45) is 0.744. The van der Waals surface area contributed by atoms with Gasteiger partial charge in [0.1, 0.15) is 0 Å². The fourth-order valence-electron chi connectivity index (χ4n) is 1.19. The molecule has 0 bridgehead atoms. The van der Waals surface area contributed by atoms with Crippen LogP contribution in [0.15, 0.2) is 0 Å². The van der Waals surface area contributed by atoms with Gasteiger partial charge in [-0.3, -0.25) is 0 Å². The van der Waals surface area contributed by atoms with Crippen LogP contribution in [0.4, 0.5) is 0 Å². The van der Waals surface area contributed by atoms with Gasteiger partial charge in [-0.2, -0.15) is 0 Å². The summed E-state index contributed by atoms with van der Waals surface area (Å²) in [6, 6.07) is 0.288. The molecule has 13 heavy (non-hydrogen) atoms. The monoisotopic (exact) mass is 189 g/mol. The highest BCUT2D eigenvalue weighted by Crippen LogP contribution is 2.07. The Labute approximate surface area is 81.2 Å². The second-order valence-corrected chi connectivity index (χ2v) is 4.56. The average Bonchev–Trinajstić information content (AvgIpc) is 1.95. The first kappa shape index (κ1) is 12.9. The lowest BCUT2D eigenvalue weighted by atomic mass is 10.00. The van der Waals surface area contributed by atoms with Crippen molar-refractivity contribution in [1.82, 2.24) is 5.32 Å². The van der Waals surface area contributed by atoms with Crippen LogP contribution in [0.2, 0.25) is 0 Å². The van der Waals surface area contributed by atoms with Gasteiger partial charge in [-0.1, -0.05) is 13.8 Å². The molecule has 0 rings (SSSR count). The Morgan fingerprint density at radius 2 is 1.85 bits per heavy atom. The predicted octanol–water partition coefficient (Wildman–Crippen LogP) is 0.754. The number of hydrogen-bond acceptors (Lipinski definition) is 3. The fourth-order valence-corrected chi connectivity index (χ4v) is 1.19. The van der Waals surface area contributed by atoms with E-state index in [2.05, 4.69) is 19.2 Å². The Kier molecular flexibility index (Phi) is 5.53. The van der Waals surface area contributed by atoms with Gasteiger partial charge >= 0.3 is 0 Å². The van der Waals surface area contributed by atoms with Crippen molar-refractivity contribution in [2.24, 2.45) is 5.92 Å². The van der Waals surface area contributed by atoms with Gasteiger partial charge in [0.05, 0.1) is 5.60 Å². The zero-order valence-electron chi connectivity index (χ0n) is 9.17. The number of nitrogens with one attached hydrogen (secondary N) is 1. The van der Waals surface area contributed by atoms with Gasteiger partial charge in [-0.05, 0) is 26.2 Å². The molecule has 80 valence electrons. The number of rotatable bonds is 6. The maximum Gasteiger partial charge on any atom is 0.0715 e. The highest BCUT2D eigenvalue weighted by atomic mass is 16.3. The summed E-state index contributed by atoms with van der Waals surface area (Å²) in [4.78, 5) is 0. The average molecular weight is 189 g/mol. The molecule has 1 unspecified atom stereocenters. The minimum Gasteiger partial charge on any atom is -0.396 e. The number of hydrogen-bond donors (Lipinski definition) is 3. The SMILES string of the molecule is CC(C)C(CCO)NCC(C)(C)O. The van der Waals surface area contributed by atoms with E-state index in [-0.39, 0.29) is 12.6 Å². The third-order valence-electron chi connectivity index (χ3n) is 2.04. The quantitative estimate of drug-likeness (QED) is 0.578. The predicted molar refractivity (Wildman–Crippen MR) is 54.6 cm³/mol.